The van der Waals surface area contributed by atoms with Crippen molar-refractivity contribution in [1.82, 2.24) is 5.10 Å². The molecule has 1 aliphatic rings. The Bertz CT molecular complexity index is 572. The minimum atomic E-state index is -0.472. The van der Waals surface area contributed by atoms with Crippen LogP contribution >= 0.6 is 0 Å². The maximum absolute atomic E-state index is 10.8. The Morgan fingerprint density at radius 2 is 2.19 bits per heavy atom. The summed E-state index contributed by atoms with van der Waals surface area (Å²) in [5, 5.41) is 2.51. The minimum Gasteiger partial charge on any atom is -0.454 e. The van der Waals surface area contributed by atoms with Gasteiger partial charge in [0.15, 0.2) is 11.5 Å². The molecule has 6 nitrogen and oxygen atoms in total. The van der Waals surface area contributed by atoms with Crippen LogP contribution in [-0.4, -0.2) is 11.9 Å². The molecule has 3 rings (SSSR count). The summed E-state index contributed by atoms with van der Waals surface area (Å²) in [7, 11) is 0. The number of nitrogens with zero attached hydrogens (tertiary/aromatic N) is 1. The summed E-state index contributed by atoms with van der Waals surface area (Å²) >= 11 is 0. The Morgan fingerprint density at radius 3 is 3.00 bits per heavy atom. The zero-order chi connectivity index (χ0) is 11.0. The van der Waals surface area contributed by atoms with E-state index in [9.17, 15) is 4.79 Å². The quantitative estimate of drug-likeness (QED) is 0.726. The van der Waals surface area contributed by atoms with Gasteiger partial charge in [0.25, 0.3) is 0 Å². The third-order valence-electron chi connectivity index (χ3n) is 2.31. The lowest BCUT2D eigenvalue weighted by molar-refractivity contribution is -0.747. The first-order valence-electron chi connectivity index (χ1n) is 4.77. The standard InChI is InChI=1S/C10H8N2O4/c13-10-11-12(5-14-10)4-7-1-2-8-9(3-7)16-6-15-8/h1-3,5H,4,6H2/p+1. The second-order valence-corrected chi connectivity index (χ2v) is 3.44. The fourth-order valence-corrected chi connectivity index (χ4v) is 1.59. The molecule has 1 aliphatic heterocycles. The van der Waals surface area contributed by atoms with E-state index >= 15 is 0 Å². The Morgan fingerprint density at radius 1 is 1.31 bits per heavy atom. The van der Waals surface area contributed by atoms with Crippen LogP contribution in [0.1, 0.15) is 5.56 Å². The second-order valence-electron chi connectivity index (χ2n) is 3.44. The van der Waals surface area contributed by atoms with Crippen molar-refractivity contribution in [1.29, 1.82) is 0 Å². The molecule has 0 aliphatic carbocycles. The fourth-order valence-electron chi connectivity index (χ4n) is 1.59. The van der Waals surface area contributed by atoms with E-state index in [1.54, 1.807) is 4.68 Å². The Labute approximate surface area is 90.0 Å². The molecule has 0 fully saturated rings. The predicted octanol–water partition coefficient (Wildman–Crippen LogP) is 0.0324. The Kier molecular flexibility index (Phi) is 1.92. The van der Waals surface area contributed by atoms with Crippen LogP contribution in [0.25, 0.3) is 0 Å². The third-order valence-corrected chi connectivity index (χ3v) is 2.31. The molecule has 0 spiro atoms. The van der Waals surface area contributed by atoms with Gasteiger partial charge in [-0.2, -0.15) is 0 Å². The Hall–Kier alpha value is -2.24. The van der Waals surface area contributed by atoms with E-state index in [4.69, 9.17) is 9.47 Å². The molecule has 0 saturated heterocycles. The number of hydrogen-bond donors (Lipinski definition) is 1. The molecule has 2 aromatic rings. The third kappa shape index (κ3) is 1.54. The zero-order valence-corrected chi connectivity index (χ0v) is 8.30. The molecular weight excluding hydrogens is 212 g/mol. The first-order valence-corrected chi connectivity index (χ1v) is 4.77. The number of hydrogen-bond acceptors (Lipinski definition) is 4. The van der Waals surface area contributed by atoms with Gasteiger partial charge < -0.3 is 13.9 Å². The average molecular weight is 221 g/mol. The van der Waals surface area contributed by atoms with Crippen molar-refractivity contribution in [3.63, 3.8) is 0 Å². The number of aromatic amines is 1. The van der Waals surface area contributed by atoms with E-state index in [-0.39, 0.29) is 6.79 Å². The number of rotatable bonds is 2. The van der Waals surface area contributed by atoms with Gasteiger partial charge in [-0.25, -0.2) is 4.79 Å². The van der Waals surface area contributed by atoms with Gasteiger partial charge in [0.1, 0.15) is 0 Å². The molecule has 0 unspecified atom stereocenters. The van der Waals surface area contributed by atoms with Crippen LogP contribution in [0.2, 0.25) is 0 Å². The molecule has 16 heavy (non-hydrogen) atoms. The Balaban J connectivity index is 1.88. The minimum absolute atomic E-state index is 0.258. The molecule has 6 heteroatoms. The second kappa shape index (κ2) is 3.41. The lowest BCUT2D eigenvalue weighted by Crippen LogP contribution is -2.37. The van der Waals surface area contributed by atoms with Gasteiger partial charge in [0, 0.05) is 5.56 Å². The van der Waals surface area contributed by atoms with Crippen molar-refractivity contribution in [3.05, 3.63) is 40.7 Å². The molecule has 0 radical (unpaired) electrons. The number of nitrogens with one attached hydrogen (secondary N) is 1. The first-order chi connectivity index (χ1) is 7.81. The summed E-state index contributed by atoms with van der Waals surface area (Å²) in [4.78, 5) is 10.8. The largest absolute Gasteiger partial charge is 0.470 e. The number of aromatic nitrogens is 2. The van der Waals surface area contributed by atoms with Crippen molar-refractivity contribution in [2.45, 2.75) is 6.54 Å². The summed E-state index contributed by atoms with van der Waals surface area (Å²) < 4.78 is 16.6. The van der Waals surface area contributed by atoms with Crippen LogP contribution in [-0.2, 0) is 6.54 Å². The molecule has 82 valence electrons. The van der Waals surface area contributed by atoms with Gasteiger partial charge in [0.2, 0.25) is 13.3 Å². The zero-order valence-electron chi connectivity index (χ0n) is 8.30. The van der Waals surface area contributed by atoms with E-state index in [1.165, 1.54) is 6.39 Å². The molecule has 2 heterocycles. The number of fused-ring (bicyclic) bond motifs is 1. The lowest BCUT2D eigenvalue weighted by atomic mass is 10.2. The fraction of sp³-hybridized carbons (Fsp3) is 0.200. The van der Waals surface area contributed by atoms with Crippen LogP contribution in [0.15, 0.2) is 33.8 Å². The SMILES string of the molecule is O=c1[nH][n+](Cc2ccc3c(c2)OCO3)co1. The molecule has 0 bridgehead atoms. The van der Waals surface area contributed by atoms with Crippen LogP contribution in [0, 0.1) is 0 Å². The van der Waals surface area contributed by atoms with Crippen molar-refractivity contribution < 1.29 is 18.6 Å². The average Bonchev–Trinajstić information content (AvgIpc) is 2.87. The summed E-state index contributed by atoms with van der Waals surface area (Å²) in [5.41, 5.74) is 0.992. The van der Waals surface area contributed by atoms with Gasteiger partial charge in [-0.1, -0.05) is 9.78 Å². The number of ether oxygens (including phenoxy) is 2. The van der Waals surface area contributed by atoms with E-state index in [0.29, 0.717) is 6.54 Å². The van der Waals surface area contributed by atoms with Gasteiger partial charge in [-0.3, -0.25) is 0 Å². The summed E-state index contributed by atoms with van der Waals surface area (Å²) in [6.07, 6.45) is 1.34. The highest BCUT2D eigenvalue weighted by Gasteiger charge is 2.15. The van der Waals surface area contributed by atoms with Crippen molar-refractivity contribution >= 4 is 0 Å². The van der Waals surface area contributed by atoms with Crippen molar-refractivity contribution in [3.8, 4) is 11.5 Å². The lowest BCUT2D eigenvalue weighted by Gasteiger charge is -1.97. The predicted molar refractivity (Wildman–Crippen MR) is 51.2 cm³/mol. The van der Waals surface area contributed by atoms with Crippen LogP contribution in [0.5, 0.6) is 11.5 Å². The van der Waals surface area contributed by atoms with Gasteiger partial charge in [-0.05, 0) is 18.2 Å². The van der Waals surface area contributed by atoms with Gasteiger partial charge in [0.05, 0.1) is 0 Å². The van der Waals surface area contributed by atoms with E-state index in [2.05, 4.69) is 9.52 Å². The summed E-state index contributed by atoms with van der Waals surface area (Å²) in [6, 6.07) is 5.63. The van der Waals surface area contributed by atoms with E-state index in [1.807, 2.05) is 18.2 Å². The number of benzene rings is 1. The van der Waals surface area contributed by atoms with E-state index in [0.717, 1.165) is 17.1 Å². The smallest absolute Gasteiger partial charge is 0.454 e. The number of H-pyrrole nitrogens is 1. The molecule has 0 saturated carbocycles. The van der Waals surface area contributed by atoms with E-state index < -0.39 is 5.76 Å². The van der Waals surface area contributed by atoms with Crippen molar-refractivity contribution in [2.24, 2.45) is 0 Å². The molecule has 1 aromatic carbocycles. The normalized spacial score (nSPS) is 13.0. The van der Waals surface area contributed by atoms with Crippen molar-refractivity contribution in [2.75, 3.05) is 6.79 Å². The maximum atomic E-state index is 10.8. The molecule has 1 N–H and O–H groups in total. The summed E-state index contributed by atoms with van der Waals surface area (Å²) in [5.74, 6) is 0.999. The maximum Gasteiger partial charge on any atom is 0.470 e. The summed E-state index contributed by atoms with van der Waals surface area (Å²) in [6.45, 7) is 0.775. The highest BCUT2D eigenvalue weighted by Crippen LogP contribution is 2.32. The van der Waals surface area contributed by atoms with Crippen LogP contribution < -0.4 is 19.9 Å². The van der Waals surface area contributed by atoms with Crippen LogP contribution in [0.3, 0.4) is 0 Å². The van der Waals surface area contributed by atoms with Gasteiger partial charge >= 0.3 is 12.1 Å². The first kappa shape index (κ1) is 9.02. The molecule has 1 aromatic heterocycles. The highest BCUT2D eigenvalue weighted by atomic mass is 16.7. The highest BCUT2D eigenvalue weighted by molar-refractivity contribution is 5.44. The monoisotopic (exact) mass is 221 g/mol. The van der Waals surface area contributed by atoms with Gasteiger partial charge in [-0.15, -0.1) is 0 Å². The topological polar surface area (TPSA) is 68.3 Å². The molecular formula is C10H9N2O4+. The molecule has 0 atom stereocenters. The van der Waals surface area contributed by atoms with Crippen LogP contribution in [0.4, 0.5) is 0 Å². The molecule has 0 amide bonds.